The van der Waals surface area contributed by atoms with Crippen LogP contribution in [0.1, 0.15) is 0 Å². The van der Waals surface area contributed by atoms with Crippen LogP contribution in [0.3, 0.4) is 0 Å². The molecule has 0 saturated heterocycles. The maximum atomic E-state index is 2.45. The Kier molecular flexibility index (Phi) is 4.36. The lowest BCUT2D eigenvalue weighted by Crippen LogP contribution is -1.96. The van der Waals surface area contributed by atoms with Crippen molar-refractivity contribution in [3.05, 3.63) is 146 Å². The highest BCUT2D eigenvalue weighted by atomic mass is 15.0. The number of hydrogen-bond donors (Lipinski definition) is 0. The number of para-hydroxylation sites is 2. The number of aromatic nitrogens is 2. The van der Waals surface area contributed by atoms with Crippen molar-refractivity contribution in [2.24, 2.45) is 0 Å². The first kappa shape index (κ1) is 21.6. The van der Waals surface area contributed by atoms with E-state index in [2.05, 4.69) is 155 Å². The monoisotopic (exact) mass is 508 g/mol. The Morgan fingerprint density at radius 2 is 0.875 bits per heavy atom. The van der Waals surface area contributed by atoms with Gasteiger partial charge >= 0.3 is 0 Å². The van der Waals surface area contributed by atoms with Gasteiger partial charge in [-0.1, -0.05) is 103 Å². The van der Waals surface area contributed by atoms with Gasteiger partial charge in [0.2, 0.25) is 0 Å². The summed E-state index contributed by atoms with van der Waals surface area (Å²) in [6.45, 7) is 0. The minimum absolute atomic E-state index is 1.18. The summed E-state index contributed by atoms with van der Waals surface area (Å²) in [6, 6.07) is 53.0. The molecule has 9 aromatic rings. The van der Waals surface area contributed by atoms with Gasteiger partial charge in [0.1, 0.15) is 0 Å². The first-order chi connectivity index (χ1) is 19.9. The average molecular weight is 509 g/mol. The molecule has 0 aliphatic carbocycles. The lowest BCUT2D eigenvalue weighted by Gasteiger charge is -2.12. The van der Waals surface area contributed by atoms with E-state index >= 15 is 0 Å². The summed E-state index contributed by atoms with van der Waals surface area (Å²) in [6.07, 6.45) is 0. The molecule has 0 aliphatic heterocycles. The van der Waals surface area contributed by atoms with Crippen molar-refractivity contribution in [2.75, 3.05) is 0 Å². The standard InChI is InChI=1S/C38H24N2/c1-2-12-27-24-28(21-20-25(27)10-1)39-33-17-7-5-15-30(33)37-35(39)22-23-36-38(37)31-16-6-8-18-34(31)40(36)32-19-9-13-26-11-3-4-14-29(26)32/h1-24H. The number of benzene rings is 7. The fourth-order valence-corrected chi connectivity index (χ4v) is 6.78. The molecule has 2 aromatic heterocycles. The predicted molar refractivity (Wildman–Crippen MR) is 170 cm³/mol. The van der Waals surface area contributed by atoms with Gasteiger partial charge in [0.05, 0.1) is 27.8 Å². The molecule has 7 aromatic carbocycles. The highest BCUT2D eigenvalue weighted by molar-refractivity contribution is 6.29. The van der Waals surface area contributed by atoms with E-state index in [0.717, 1.165) is 0 Å². The summed E-state index contributed by atoms with van der Waals surface area (Å²) < 4.78 is 4.88. The first-order valence-corrected chi connectivity index (χ1v) is 13.8. The van der Waals surface area contributed by atoms with Crippen LogP contribution in [-0.4, -0.2) is 9.13 Å². The Labute approximate surface area is 230 Å². The van der Waals surface area contributed by atoms with E-state index in [9.17, 15) is 0 Å². The van der Waals surface area contributed by atoms with E-state index in [0.29, 0.717) is 0 Å². The van der Waals surface area contributed by atoms with Crippen LogP contribution in [0.2, 0.25) is 0 Å². The van der Waals surface area contributed by atoms with Crippen LogP contribution in [0, 0.1) is 0 Å². The van der Waals surface area contributed by atoms with Gasteiger partial charge in [-0.15, -0.1) is 0 Å². The Balaban J connectivity index is 1.46. The summed E-state index contributed by atoms with van der Waals surface area (Å²) in [7, 11) is 0. The van der Waals surface area contributed by atoms with Crippen molar-refractivity contribution in [1.29, 1.82) is 0 Å². The van der Waals surface area contributed by atoms with E-state index < -0.39 is 0 Å². The summed E-state index contributed by atoms with van der Waals surface area (Å²) in [4.78, 5) is 0. The molecule has 0 aliphatic rings. The van der Waals surface area contributed by atoms with Crippen molar-refractivity contribution in [1.82, 2.24) is 9.13 Å². The molecule has 2 heterocycles. The van der Waals surface area contributed by atoms with Gasteiger partial charge in [-0.3, -0.25) is 0 Å². The van der Waals surface area contributed by atoms with Crippen LogP contribution in [0.4, 0.5) is 0 Å². The van der Waals surface area contributed by atoms with E-state index in [-0.39, 0.29) is 0 Å². The smallest absolute Gasteiger partial charge is 0.0549 e. The molecular weight excluding hydrogens is 484 g/mol. The minimum Gasteiger partial charge on any atom is -0.309 e. The maximum Gasteiger partial charge on any atom is 0.0549 e. The van der Waals surface area contributed by atoms with Gasteiger partial charge in [0, 0.05) is 32.6 Å². The van der Waals surface area contributed by atoms with Gasteiger partial charge in [-0.2, -0.15) is 0 Å². The molecular formula is C38H24N2. The molecule has 0 spiro atoms. The highest BCUT2D eigenvalue weighted by Gasteiger charge is 2.20. The van der Waals surface area contributed by atoms with E-state index in [4.69, 9.17) is 0 Å². The lowest BCUT2D eigenvalue weighted by atomic mass is 10.1. The second-order valence-corrected chi connectivity index (χ2v) is 10.6. The average Bonchev–Trinajstić information content (AvgIpc) is 3.53. The number of rotatable bonds is 2. The molecule has 2 heteroatoms. The van der Waals surface area contributed by atoms with Crippen molar-refractivity contribution in [2.45, 2.75) is 0 Å². The van der Waals surface area contributed by atoms with E-state index in [1.54, 1.807) is 0 Å². The molecule has 0 radical (unpaired) electrons. The number of fused-ring (bicyclic) bond motifs is 9. The second kappa shape index (κ2) is 8.08. The van der Waals surface area contributed by atoms with Crippen molar-refractivity contribution < 1.29 is 0 Å². The summed E-state index contributed by atoms with van der Waals surface area (Å²) in [5.41, 5.74) is 7.30. The van der Waals surface area contributed by atoms with Crippen LogP contribution in [0.25, 0.3) is 76.5 Å². The van der Waals surface area contributed by atoms with Gasteiger partial charge in [-0.05, 0) is 58.6 Å². The molecule has 0 saturated carbocycles. The Hall–Kier alpha value is -5.34. The molecule has 0 unspecified atom stereocenters. The molecule has 0 N–H and O–H groups in total. The van der Waals surface area contributed by atoms with Crippen LogP contribution < -0.4 is 0 Å². The van der Waals surface area contributed by atoms with Crippen LogP contribution >= 0.6 is 0 Å². The molecule has 0 bridgehead atoms. The Morgan fingerprint density at radius 3 is 1.62 bits per heavy atom. The second-order valence-electron chi connectivity index (χ2n) is 10.6. The zero-order valence-corrected chi connectivity index (χ0v) is 21.8. The van der Waals surface area contributed by atoms with Crippen molar-refractivity contribution in [3.8, 4) is 11.4 Å². The van der Waals surface area contributed by atoms with Gasteiger partial charge in [0.25, 0.3) is 0 Å². The quantitative estimate of drug-likeness (QED) is 0.220. The topological polar surface area (TPSA) is 9.86 Å². The lowest BCUT2D eigenvalue weighted by molar-refractivity contribution is 1.18. The van der Waals surface area contributed by atoms with Crippen LogP contribution in [0.15, 0.2) is 146 Å². The van der Waals surface area contributed by atoms with Crippen LogP contribution in [-0.2, 0) is 0 Å². The molecule has 0 atom stereocenters. The number of hydrogen-bond acceptors (Lipinski definition) is 0. The summed E-state index contributed by atoms with van der Waals surface area (Å²) in [5.74, 6) is 0. The normalized spacial score (nSPS) is 12.0. The fourth-order valence-electron chi connectivity index (χ4n) is 6.78. The number of nitrogens with zero attached hydrogens (tertiary/aromatic N) is 2. The largest absolute Gasteiger partial charge is 0.309 e. The molecule has 40 heavy (non-hydrogen) atoms. The molecule has 9 rings (SSSR count). The summed E-state index contributed by atoms with van der Waals surface area (Å²) in [5, 5.41) is 10.2. The minimum atomic E-state index is 1.18. The first-order valence-electron chi connectivity index (χ1n) is 13.8. The molecule has 0 fully saturated rings. The van der Waals surface area contributed by atoms with Gasteiger partial charge in [-0.25, -0.2) is 0 Å². The third-order valence-electron chi connectivity index (χ3n) is 8.47. The van der Waals surface area contributed by atoms with Gasteiger partial charge < -0.3 is 9.13 Å². The third kappa shape index (κ3) is 2.88. The molecule has 0 amide bonds. The van der Waals surface area contributed by atoms with E-state index in [1.165, 1.54) is 76.5 Å². The summed E-state index contributed by atoms with van der Waals surface area (Å²) >= 11 is 0. The SMILES string of the molecule is c1ccc2cc(-n3c4ccccc4c4c5c6ccccc6n(-c6cccc7ccccc67)c5ccc43)ccc2c1. The predicted octanol–water partition coefficient (Wildman–Crippen LogP) is 10.2. The maximum absolute atomic E-state index is 2.45. The highest BCUT2D eigenvalue weighted by Crippen LogP contribution is 2.43. The van der Waals surface area contributed by atoms with Crippen LogP contribution in [0.5, 0.6) is 0 Å². The zero-order chi connectivity index (χ0) is 26.2. The van der Waals surface area contributed by atoms with E-state index in [1.807, 2.05) is 0 Å². The Bertz CT molecular complexity index is 2430. The van der Waals surface area contributed by atoms with Gasteiger partial charge in [0.15, 0.2) is 0 Å². The Morgan fingerprint density at radius 1 is 0.325 bits per heavy atom. The molecule has 2 nitrogen and oxygen atoms in total. The van der Waals surface area contributed by atoms with Crippen molar-refractivity contribution >= 4 is 65.2 Å². The third-order valence-corrected chi connectivity index (χ3v) is 8.47. The fraction of sp³-hybridized carbons (Fsp3) is 0. The zero-order valence-electron chi connectivity index (χ0n) is 21.8. The molecule has 186 valence electrons. The van der Waals surface area contributed by atoms with Crippen molar-refractivity contribution in [3.63, 3.8) is 0 Å².